The molecule has 0 spiro atoms. The SMILES string of the molecule is CNC(c1cc(C)c(C)s1)c1cc(F)c(Br)cc1F. The van der Waals surface area contributed by atoms with Crippen LogP contribution >= 0.6 is 27.3 Å². The number of nitrogens with one attached hydrogen (secondary N) is 1. The van der Waals surface area contributed by atoms with Crippen LogP contribution in [0.3, 0.4) is 0 Å². The van der Waals surface area contributed by atoms with E-state index in [0.29, 0.717) is 5.56 Å². The first kappa shape index (κ1) is 14.6. The minimum Gasteiger partial charge on any atom is -0.309 e. The third-order valence-corrected chi connectivity index (χ3v) is 4.93. The predicted octanol–water partition coefficient (Wildman–Crippen LogP) is 4.71. The van der Waals surface area contributed by atoms with Crippen molar-refractivity contribution in [3.63, 3.8) is 0 Å². The van der Waals surface area contributed by atoms with Crippen molar-refractivity contribution in [2.75, 3.05) is 7.05 Å². The molecule has 1 aromatic carbocycles. The van der Waals surface area contributed by atoms with Gasteiger partial charge in [0.1, 0.15) is 11.6 Å². The lowest BCUT2D eigenvalue weighted by Crippen LogP contribution is -2.18. The molecular weight excluding hydrogens is 332 g/mol. The second-order valence-electron chi connectivity index (χ2n) is 4.40. The summed E-state index contributed by atoms with van der Waals surface area (Å²) in [4.78, 5) is 2.17. The summed E-state index contributed by atoms with van der Waals surface area (Å²) in [5, 5.41) is 3.05. The number of rotatable bonds is 3. The largest absolute Gasteiger partial charge is 0.309 e. The van der Waals surface area contributed by atoms with E-state index in [9.17, 15) is 8.78 Å². The molecule has 0 bridgehead atoms. The number of thiophene rings is 1. The zero-order chi connectivity index (χ0) is 14.2. The number of hydrogen-bond acceptors (Lipinski definition) is 2. The third-order valence-electron chi connectivity index (χ3n) is 3.11. The second kappa shape index (κ2) is 5.69. The van der Waals surface area contributed by atoms with Crippen molar-refractivity contribution in [3.8, 4) is 0 Å². The maximum atomic E-state index is 14.0. The van der Waals surface area contributed by atoms with Crippen LogP contribution in [0.5, 0.6) is 0 Å². The van der Waals surface area contributed by atoms with Crippen molar-refractivity contribution >= 4 is 27.3 Å². The molecule has 0 amide bonds. The molecule has 5 heteroatoms. The molecule has 1 unspecified atom stereocenters. The molecule has 0 saturated heterocycles. The normalized spacial score (nSPS) is 12.7. The van der Waals surface area contributed by atoms with E-state index in [1.807, 2.05) is 19.9 Å². The molecule has 2 rings (SSSR count). The third kappa shape index (κ3) is 2.88. The molecule has 1 atom stereocenters. The summed E-state index contributed by atoms with van der Waals surface area (Å²) in [7, 11) is 1.74. The van der Waals surface area contributed by atoms with Gasteiger partial charge in [0, 0.05) is 15.3 Å². The van der Waals surface area contributed by atoms with Crippen molar-refractivity contribution in [3.05, 3.63) is 55.2 Å². The first-order valence-corrected chi connectivity index (χ1v) is 7.43. The first-order valence-electron chi connectivity index (χ1n) is 5.82. The molecule has 0 fully saturated rings. The van der Waals surface area contributed by atoms with Crippen LogP contribution in [0.25, 0.3) is 0 Å². The van der Waals surface area contributed by atoms with Crippen LogP contribution in [0.1, 0.15) is 26.9 Å². The number of halogens is 3. The molecule has 0 aliphatic carbocycles. The number of hydrogen-bond donors (Lipinski definition) is 1. The van der Waals surface area contributed by atoms with Gasteiger partial charge in [-0.1, -0.05) is 0 Å². The minimum atomic E-state index is -0.457. The van der Waals surface area contributed by atoms with Crippen LogP contribution in [-0.2, 0) is 0 Å². The lowest BCUT2D eigenvalue weighted by molar-refractivity contribution is 0.557. The van der Waals surface area contributed by atoms with Crippen LogP contribution in [0.4, 0.5) is 8.78 Å². The van der Waals surface area contributed by atoms with Gasteiger partial charge < -0.3 is 5.32 Å². The summed E-state index contributed by atoms with van der Waals surface area (Å²) in [5.41, 5.74) is 1.49. The molecule has 0 saturated carbocycles. The molecule has 19 heavy (non-hydrogen) atoms. The van der Waals surface area contributed by atoms with Crippen LogP contribution < -0.4 is 5.32 Å². The molecule has 102 valence electrons. The van der Waals surface area contributed by atoms with Gasteiger partial charge in [0.25, 0.3) is 0 Å². The highest BCUT2D eigenvalue weighted by Gasteiger charge is 2.20. The van der Waals surface area contributed by atoms with Gasteiger partial charge in [-0.15, -0.1) is 11.3 Å². The molecule has 0 radical (unpaired) electrons. The van der Waals surface area contributed by atoms with Gasteiger partial charge in [0.2, 0.25) is 0 Å². The fourth-order valence-corrected chi connectivity index (χ4v) is 3.44. The standard InChI is InChI=1S/C14H14BrF2NS/c1-7-4-13(19-8(7)2)14(18-3)9-5-12(17)10(15)6-11(9)16/h4-6,14,18H,1-3H3. The van der Waals surface area contributed by atoms with Gasteiger partial charge >= 0.3 is 0 Å². The highest BCUT2D eigenvalue weighted by atomic mass is 79.9. The number of aryl methyl sites for hydroxylation is 2. The highest BCUT2D eigenvalue weighted by molar-refractivity contribution is 9.10. The van der Waals surface area contributed by atoms with Crippen molar-refractivity contribution < 1.29 is 8.78 Å². The van der Waals surface area contributed by atoms with Gasteiger partial charge in [-0.3, -0.25) is 0 Å². The van der Waals surface area contributed by atoms with Gasteiger partial charge in [0.05, 0.1) is 10.5 Å². The van der Waals surface area contributed by atoms with Crippen molar-refractivity contribution in [1.29, 1.82) is 0 Å². The van der Waals surface area contributed by atoms with E-state index in [-0.39, 0.29) is 10.5 Å². The average Bonchev–Trinajstić information content (AvgIpc) is 2.67. The Balaban J connectivity index is 2.50. The summed E-state index contributed by atoms with van der Waals surface area (Å²) in [6.07, 6.45) is 0. The Hall–Kier alpha value is -0.780. The molecule has 1 nitrogen and oxygen atoms in total. The van der Waals surface area contributed by atoms with Crippen LogP contribution in [-0.4, -0.2) is 7.05 Å². The molecular formula is C14H14BrF2NS. The Morgan fingerprint density at radius 3 is 2.37 bits per heavy atom. The fraction of sp³-hybridized carbons (Fsp3) is 0.286. The van der Waals surface area contributed by atoms with Crippen LogP contribution in [0, 0.1) is 25.5 Å². The van der Waals surface area contributed by atoms with E-state index >= 15 is 0 Å². The Kier molecular flexibility index (Phi) is 4.38. The zero-order valence-corrected chi connectivity index (χ0v) is 13.3. The summed E-state index contributed by atoms with van der Waals surface area (Å²) >= 11 is 4.59. The molecule has 1 N–H and O–H groups in total. The maximum Gasteiger partial charge on any atom is 0.137 e. The Bertz CT molecular complexity index is 590. The maximum absolute atomic E-state index is 14.0. The first-order chi connectivity index (χ1) is 8.93. The summed E-state index contributed by atoms with van der Waals surface area (Å²) in [6.45, 7) is 4.04. The fourth-order valence-electron chi connectivity index (χ4n) is 1.95. The predicted molar refractivity (Wildman–Crippen MR) is 78.8 cm³/mol. The number of benzene rings is 1. The van der Waals surface area contributed by atoms with E-state index < -0.39 is 11.6 Å². The van der Waals surface area contributed by atoms with Crippen molar-refractivity contribution in [1.82, 2.24) is 5.32 Å². The molecule has 1 heterocycles. The smallest absolute Gasteiger partial charge is 0.137 e. The van der Waals surface area contributed by atoms with Gasteiger partial charge in [-0.25, -0.2) is 8.78 Å². The van der Waals surface area contributed by atoms with Gasteiger partial charge in [-0.05, 0) is 60.6 Å². The molecule has 2 aromatic rings. The lowest BCUT2D eigenvalue weighted by Gasteiger charge is -2.16. The summed E-state index contributed by atoms with van der Waals surface area (Å²) in [5.74, 6) is -0.877. The van der Waals surface area contributed by atoms with Crippen LogP contribution in [0.2, 0.25) is 0 Å². The highest BCUT2D eigenvalue weighted by Crippen LogP contribution is 2.33. The Morgan fingerprint density at radius 2 is 1.84 bits per heavy atom. The van der Waals surface area contributed by atoms with Gasteiger partial charge in [0.15, 0.2) is 0 Å². The summed E-state index contributed by atoms with van der Waals surface area (Å²) < 4.78 is 27.8. The second-order valence-corrected chi connectivity index (χ2v) is 6.54. The molecule has 0 aliphatic rings. The quantitative estimate of drug-likeness (QED) is 0.794. The van der Waals surface area contributed by atoms with Crippen molar-refractivity contribution in [2.45, 2.75) is 19.9 Å². The van der Waals surface area contributed by atoms with E-state index in [0.717, 1.165) is 4.88 Å². The average molecular weight is 346 g/mol. The van der Waals surface area contributed by atoms with E-state index in [4.69, 9.17) is 0 Å². The van der Waals surface area contributed by atoms with E-state index in [1.165, 1.54) is 22.6 Å². The molecule has 1 aromatic heterocycles. The lowest BCUT2D eigenvalue weighted by atomic mass is 10.0. The zero-order valence-electron chi connectivity index (χ0n) is 10.9. The minimum absolute atomic E-state index is 0.141. The topological polar surface area (TPSA) is 12.0 Å². The van der Waals surface area contributed by atoms with E-state index in [2.05, 4.69) is 21.2 Å². The Labute approximate surface area is 123 Å². The summed E-state index contributed by atoms with van der Waals surface area (Å²) in [6, 6.07) is 4.09. The van der Waals surface area contributed by atoms with E-state index in [1.54, 1.807) is 18.4 Å². The Morgan fingerprint density at radius 1 is 1.16 bits per heavy atom. The van der Waals surface area contributed by atoms with Crippen LogP contribution in [0.15, 0.2) is 22.7 Å². The van der Waals surface area contributed by atoms with Gasteiger partial charge in [-0.2, -0.15) is 0 Å². The monoisotopic (exact) mass is 345 g/mol. The van der Waals surface area contributed by atoms with Crippen molar-refractivity contribution in [2.24, 2.45) is 0 Å². The molecule has 0 aliphatic heterocycles.